The molecule has 0 bridgehead atoms. The molecule has 1 fully saturated rings. The Hall–Kier alpha value is -1.86. The summed E-state index contributed by atoms with van der Waals surface area (Å²) in [6.45, 7) is 7.30. The van der Waals surface area contributed by atoms with Crippen molar-refractivity contribution in [3.05, 3.63) is 68.6 Å². The van der Waals surface area contributed by atoms with E-state index < -0.39 is 5.60 Å². The standard InChI is InChI=1S/C26H32Br2N2O3/c1-25(2,3)33-24(32)30-12-10-26(11-13-30,20-8-6-5-7-9-20)17-23(31)29(4)18-19-14-21(27)16-22(28)15-19/h5-9,14-16H,10-13,17-18H2,1-4H3. The van der Waals surface area contributed by atoms with E-state index in [9.17, 15) is 9.59 Å². The average molecular weight is 580 g/mol. The molecule has 0 unspecified atom stereocenters. The van der Waals surface area contributed by atoms with Gasteiger partial charge in [0.25, 0.3) is 0 Å². The second kappa shape index (κ2) is 10.6. The third kappa shape index (κ3) is 7.06. The summed E-state index contributed by atoms with van der Waals surface area (Å²) in [6, 6.07) is 16.3. The number of hydrogen-bond acceptors (Lipinski definition) is 3. The van der Waals surface area contributed by atoms with E-state index in [2.05, 4.69) is 44.0 Å². The summed E-state index contributed by atoms with van der Waals surface area (Å²) in [5, 5.41) is 0. The largest absolute Gasteiger partial charge is 0.444 e. The molecule has 7 heteroatoms. The van der Waals surface area contributed by atoms with Crippen LogP contribution in [0.2, 0.25) is 0 Å². The molecule has 2 aromatic carbocycles. The fourth-order valence-corrected chi connectivity index (χ4v) is 5.68. The van der Waals surface area contributed by atoms with Crippen LogP contribution in [0.5, 0.6) is 0 Å². The fourth-order valence-electron chi connectivity index (χ4n) is 4.29. The molecular formula is C26H32Br2N2O3. The number of ether oxygens (including phenoxy) is 1. The van der Waals surface area contributed by atoms with Crippen LogP contribution in [-0.4, -0.2) is 47.5 Å². The molecule has 0 spiro atoms. The summed E-state index contributed by atoms with van der Waals surface area (Å²) in [4.78, 5) is 29.5. The molecule has 1 saturated heterocycles. The first kappa shape index (κ1) is 25.8. The van der Waals surface area contributed by atoms with Gasteiger partial charge in [-0.3, -0.25) is 4.79 Å². The van der Waals surface area contributed by atoms with E-state index in [1.807, 2.05) is 64.2 Å². The number of carbonyl (C=O) groups excluding carboxylic acids is 2. The van der Waals surface area contributed by atoms with E-state index in [4.69, 9.17) is 4.74 Å². The number of hydrogen-bond donors (Lipinski definition) is 0. The maximum absolute atomic E-state index is 13.4. The predicted octanol–water partition coefficient (Wildman–Crippen LogP) is 6.53. The first-order valence-corrected chi connectivity index (χ1v) is 12.8. The number of likely N-dealkylation sites (tertiary alicyclic amines) is 1. The molecule has 5 nitrogen and oxygen atoms in total. The van der Waals surface area contributed by atoms with Crippen molar-refractivity contribution >= 4 is 43.9 Å². The van der Waals surface area contributed by atoms with Crippen molar-refractivity contribution in [3.63, 3.8) is 0 Å². The van der Waals surface area contributed by atoms with Crippen molar-refractivity contribution in [2.75, 3.05) is 20.1 Å². The quantitative estimate of drug-likeness (QED) is 0.405. The van der Waals surface area contributed by atoms with Gasteiger partial charge in [-0.1, -0.05) is 62.2 Å². The number of benzene rings is 2. The Labute approximate surface area is 213 Å². The summed E-state index contributed by atoms with van der Waals surface area (Å²) in [5.74, 6) is 0.0978. The highest BCUT2D eigenvalue weighted by Gasteiger charge is 2.40. The molecule has 2 amide bonds. The minimum absolute atomic E-state index is 0.0978. The molecule has 0 N–H and O–H groups in total. The molecular weight excluding hydrogens is 548 g/mol. The van der Waals surface area contributed by atoms with Crippen LogP contribution in [0.3, 0.4) is 0 Å². The summed E-state index contributed by atoms with van der Waals surface area (Å²) in [7, 11) is 1.85. The number of amides is 2. The Bertz CT molecular complexity index is 961. The Morgan fingerprint density at radius 1 is 1.03 bits per heavy atom. The molecule has 1 aliphatic rings. The zero-order chi connectivity index (χ0) is 24.2. The van der Waals surface area contributed by atoms with Crippen molar-refractivity contribution in [2.45, 2.75) is 57.6 Å². The summed E-state index contributed by atoms with van der Waals surface area (Å²) >= 11 is 7.04. The Balaban J connectivity index is 1.74. The highest BCUT2D eigenvalue weighted by Crippen LogP contribution is 2.39. The molecule has 0 aliphatic carbocycles. The molecule has 2 aromatic rings. The smallest absolute Gasteiger partial charge is 0.410 e. The fraction of sp³-hybridized carbons (Fsp3) is 0.462. The second-order valence-corrected chi connectivity index (χ2v) is 11.6. The molecule has 0 atom stereocenters. The normalized spacial score (nSPS) is 15.8. The Morgan fingerprint density at radius 3 is 2.15 bits per heavy atom. The van der Waals surface area contributed by atoms with Gasteiger partial charge in [0.15, 0.2) is 0 Å². The third-order valence-electron chi connectivity index (χ3n) is 6.02. The topological polar surface area (TPSA) is 49.9 Å². The van der Waals surface area contributed by atoms with Crippen LogP contribution in [-0.2, 0) is 21.5 Å². The van der Waals surface area contributed by atoms with Gasteiger partial charge in [-0.2, -0.15) is 0 Å². The minimum Gasteiger partial charge on any atom is -0.444 e. The first-order chi connectivity index (χ1) is 15.5. The molecule has 0 aromatic heterocycles. The van der Waals surface area contributed by atoms with Gasteiger partial charge < -0.3 is 14.5 Å². The van der Waals surface area contributed by atoms with E-state index in [1.54, 1.807) is 9.80 Å². The molecule has 0 radical (unpaired) electrons. The molecule has 33 heavy (non-hydrogen) atoms. The van der Waals surface area contributed by atoms with Crippen molar-refractivity contribution in [1.29, 1.82) is 0 Å². The minimum atomic E-state index is -0.523. The van der Waals surface area contributed by atoms with Crippen LogP contribution < -0.4 is 0 Å². The van der Waals surface area contributed by atoms with Gasteiger partial charge in [-0.25, -0.2) is 4.79 Å². The van der Waals surface area contributed by atoms with Gasteiger partial charge in [-0.05, 0) is 62.9 Å². The van der Waals surface area contributed by atoms with Gasteiger partial charge in [0.2, 0.25) is 5.91 Å². The predicted molar refractivity (Wildman–Crippen MR) is 138 cm³/mol. The van der Waals surface area contributed by atoms with Crippen molar-refractivity contribution in [3.8, 4) is 0 Å². The van der Waals surface area contributed by atoms with Gasteiger partial charge in [0.05, 0.1) is 0 Å². The van der Waals surface area contributed by atoms with Gasteiger partial charge >= 0.3 is 6.09 Å². The van der Waals surface area contributed by atoms with E-state index >= 15 is 0 Å². The number of carbonyl (C=O) groups is 2. The van der Waals surface area contributed by atoms with Crippen molar-refractivity contribution < 1.29 is 14.3 Å². The number of rotatable bonds is 5. The maximum atomic E-state index is 13.4. The van der Waals surface area contributed by atoms with Crippen LogP contribution in [0.25, 0.3) is 0 Å². The van der Waals surface area contributed by atoms with Crippen molar-refractivity contribution in [1.82, 2.24) is 9.80 Å². The lowest BCUT2D eigenvalue weighted by Gasteiger charge is -2.42. The molecule has 3 rings (SSSR count). The van der Waals surface area contributed by atoms with Crippen LogP contribution in [0.15, 0.2) is 57.5 Å². The monoisotopic (exact) mass is 578 g/mol. The second-order valence-electron chi connectivity index (χ2n) is 9.82. The molecule has 1 aliphatic heterocycles. The zero-order valence-corrected chi connectivity index (χ0v) is 22.9. The lowest BCUT2D eigenvalue weighted by molar-refractivity contribution is -0.132. The molecule has 1 heterocycles. The van der Waals surface area contributed by atoms with Gasteiger partial charge in [0, 0.05) is 47.5 Å². The molecule has 178 valence electrons. The number of piperidine rings is 1. The third-order valence-corrected chi connectivity index (χ3v) is 6.93. The summed E-state index contributed by atoms with van der Waals surface area (Å²) < 4.78 is 7.51. The van der Waals surface area contributed by atoms with E-state index in [0.29, 0.717) is 26.1 Å². The Kier molecular flexibility index (Phi) is 8.27. The van der Waals surface area contributed by atoms with Gasteiger partial charge in [-0.15, -0.1) is 0 Å². The Morgan fingerprint density at radius 2 is 1.61 bits per heavy atom. The lowest BCUT2D eigenvalue weighted by Crippen LogP contribution is -2.48. The summed E-state index contributed by atoms with van der Waals surface area (Å²) in [6.07, 6.45) is 1.56. The SMILES string of the molecule is CN(Cc1cc(Br)cc(Br)c1)C(=O)CC1(c2ccccc2)CCN(C(=O)OC(C)(C)C)CC1. The van der Waals surface area contributed by atoms with Crippen LogP contribution >= 0.6 is 31.9 Å². The lowest BCUT2D eigenvalue weighted by atomic mass is 9.70. The zero-order valence-electron chi connectivity index (χ0n) is 19.7. The summed E-state index contributed by atoms with van der Waals surface area (Å²) in [5.41, 5.74) is 1.38. The average Bonchev–Trinajstić information content (AvgIpc) is 2.73. The van der Waals surface area contributed by atoms with E-state index in [1.165, 1.54) is 0 Å². The van der Waals surface area contributed by atoms with E-state index in [0.717, 1.165) is 32.9 Å². The van der Waals surface area contributed by atoms with Crippen LogP contribution in [0.4, 0.5) is 4.79 Å². The highest BCUT2D eigenvalue weighted by molar-refractivity contribution is 9.11. The van der Waals surface area contributed by atoms with Crippen molar-refractivity contribution in [2.24, 2.45) is 0 Å². The first-order valence-electron chi connectivity index (χ1n) is 11.2. The highest BCUT2D eigenvalue weighted by atomic mass is 79.9. The number of halogens is 2. The van der Waals surface area contributed by atoms with Gasteiger partial charge in [0.1, 0.15) is 5.60 Å². The van der Waals surface area contributed by atoms with Crippen LogP contribution in [0.1, 0.15) is 51.2 Å². The number of nitrogens with zero attached hydrogens (tertiary/aromatic N) is 2. The molecule has 0 saturated carbocycles. The van der Waals surface area contributed by atoms with E-state index in [-0.39, 0.29) is 17.4 Å². The van der Waals surface area contributed by atoms with Crippen LogP contribution in [0, 0.1) is 0 Å². The maximum Gasteiger partial charge on any atom is 0.410 e.